The SMILES string of the molecule is COc1cccc(-n2[nH]c(C(C)(C)C)c(CO)c2=O)c1. The maximum absolute atomic E-state index is 12.4. The van der Waals surface area contributed by atoms with Crippen molar-refractivity contribution in [3.63, 3.8) is 0 Å². The number of hydrogen-bond donors (Lipinski definition) is 2. The van der Waals surface area contributed by atoms with Gasteiger partial charge in [0.25, 0.3) is 5.56 Å². The Bertz CT molecular complexity index is 662. The van der Waals surface area contributed by atoms with E-state index in [9.17, 15) is 9.90 Å². The quantitative estimate of drug-likeness (QED) is 0.900. The van der Waals surface area contributed by atoms with E-state index in [1.54, 1.807) is 13.2 Å². The normalized spacial score (nSPS) is 11.7. The molecule has 0 amide bonds. The summed E-state index contributed by atoms with van der Waals surface area (Å²) >= 11 is 0. The number of aliphatic hydroxyl groups excluding tert-OH is 1. The molecule has 1 aromatic carbocycles. The minimum atomic E-state index is -0.279. The van der Waals surface area contributed by atoms with E-state index in [-0.39, 0.29) is 17.6 Å². The van der Waals surface area contributed by atoms with Crippen molar-refractivity contribution in [2.24, 2.45) is 0 Å². The van der Waals surface area contributed by atoms with E-state index in [2.05, 4.69) is 5.10 Å². The van der Waals surface area contributed by atoms with Crippen molar-refractivity contribution in [1.82, 2.24) is 9.78 Å². The van der Waals surface area contributed by atoms with Gasteiger partial charge in [0.05, 0.1) is 25.0 Å². The number of aromatic nitrogens is 2. The average Bonchev–Trinajstić information content (AvgIpc) is 2.75. The number of aliphatic hydroxyl groups is 1. The van der Waals surface area contributed by atoms with Gasteiger partial charge in [-0.05, 0) is 12.1 Å². The van der Waals surface area contributed by atoms with Crippen LogP contribution in [-0.4, -0.2) is 22.0 Å². The molecule has 1 heterocycles. The zero-order chi connectivity index (χ0) is 14.9. The Balaban J connectivity index is 2.64. The van der Waals surface area contributed by atoms with Crippen molar-refractivity contribution in [3.05, 3.63) is 45.9 Å². The molecule has 0 atom stereocenters. The van der Waals surface area contributed by atoms with Crippen LogP contribution in [0.4, 0.5) is 0 Å². The lowest BCUT2D eigenvalue weighted by molar-refractivity contribution is 0.277. The Hall–Kier alpha value is -2.01. The fourth-order valence-electron chi connectivity index (χ4n) is 2.17. The third-order valence-electron chi connectivity index (χ3n) is 3.21. The highest BCUT2D eigenvalue weighted by molar-refractivity contribution is 5.40. The summed E-state index contributed by atoms with van der Waals surface area (Å²) < 4.78 is 6.61. The predicted molar refractivity (Wildman–Crippen MR) is 77.6 cm³/mol. The number of H-pyrrole nitrogens is 1. The minimum Gasteiger partial charge on any atom is -0.497 e. The first-order chi connectivity index (χ1) is 9.38. The summed E-state index contributed by atoms with van der Waals surface area (Å²) in [5, 5.41) is 12.6. The van der Waals surface area contributed by atoms with E-state index < -0.39 is 0 Å². The third kappa shape index (κ3) is 2.49. The van der Waals surface area contributed by atoms with Gasteiger partial charge in [0.2, 0.25) is 0 Å². The molecule has 0 saturated heterocycles. The van der Waals surface area contributed by atoms with Crippen molar-refractivity contribution < 1.29 is 9.84 Å². The molecule has 0 aliphatic heterocycles. The van der Waals surface area contributed by atoms with Crippen molar-refractivity contribution in [2.45, 2.75) is 32.8 Å². The molecule has 108 valence electrons. The number of benzene rings is 1. The van der Waals surface area contributed by atoms with Crippen LogP contribution >= 0.6 is 0 Å². The summed E-state index contributed by atoms with van der Waals surface area (Å²) in [5.74, 6) is 0.673. The Morgan fingerprint density at radius 3 is 2.55 bits per heavy atom. The number of aromatic amines is 1. The van der Waals surface area contributed by atoms with Crippen molar-refractivity contribution in [2.75, 3.05) is 7.11 Å². The van der Waals surface area contributed by atoms with Gasteiger partial charge in [0.15, 0.2) is 0 Å². The second-order valence-corrected chi connectivity index (χ2v) is 5.72. The summed E-state index contributed by atoms with van der Waals surface area (Å²) in [6, 6.07) is 7.21. The van der Waals surface area contributed by atoms with Crippen LogP contribution in [0, 0.1) is 0 Å². The lowest BCUT2D eigenvalue weighted by Gasteiger charge is -2.17. The molecule has 0 aliphatic rings. The summed E-state index contributed by atoms with van der Waals surface area (Å²) in [5.41, 5.74) is 1.35. The Labute approximate surface area is 117 Å². The van der Waals surface area contributed by atoms with Gasteiger partial charge in [0, 0.05) is 17.2 Å². The number of nitrogens with zero attached hydrogens (tertiary/aromatic N) is 1. The largest absolute Gasteiger partial charge is 0.497 e. The highest BCUT2D eigenvalue weighted by Crippen LogP contribution is 2.23. The molecule has 5 heteroatoms. The van der Waals surface area contributed by atoms with Crippen LogP contribution in [0.3, 0.4) is 0 Å². The van der Waals surface area contributed by atoms with E-state index in [4.69, 9.17) is 4.74 Å². The molecule has 0 bridgehead atoms. The summed E-state index contributed by atoms with van der Waals surface area (Å²) in [6.45, 7) is 5.70. The van der Waals surface area contributed by atoms with Gasteiger partial charge in [-0.3, -0.25) is 9.89 Å². The van der Waals surface area contributed by atoms with Gasteiger partial charge >= 0.3 is 0 Å². The predicted octanol–water partition coefficient (Wildman–Crippen LogP) is 1.96. The summed E-state index contributed by atoms with van der Waals surface area (Å²) in [6.07, 6.45) is 0. The van der Waals surface area contributed by atoms with Crippen LogP contribution in [-0.2, 0) is 12.0 Å². The molecule has 0 radical (unpaired) electrons. The van der Waals surface area contributed by atoms with Crippen LogP contribution in [0.1, 0.15) is 32.0 Å². The zero-order valence-corrected chi connectivity index (χ0v) is 12.2. The van der Waals surface area contributed by atoms with Gasteiger partial charge in [-0.2, -0.15) is 0 Å². The molecular formula is C15H20N2O3. The highest BCUT2D eigenvalue weighted by Gasteiger charge is 2.24. The van der Waals surface area contributed by atoms with E-state index in [0.717, 1.165) is 5.69 Å². The first-order valence-electron chi connectivity index (χ1n) is 6.48. The molecular weight excluding hydrogens is 256 g/mol. The fraction of sp³-hybridized carbons (Fsp3) is 0.400. The van der Waals surface area contributed by atoms with Crippen LogP contribution in [0.2, 0.25) is 0 Å². The Morgan fingerprint density at radius 1 is 1.35 bits per heavy atom. The van der Waals surface area contributed by atoms with Crippen LogP contribution < -0.4 is 10.3 Å². The van der Waals surface area contributed by atoms with Crippen molar-refractivity contribution in [3.8, 4) is 11.4 Å². The van der Waals surface area contributed by atoms with Crippen molar-refractivity contribution >= 4 is 0 Å². The fourth-order valence-corrected chi connectivity index (χ4v) is 2.17. The number of rotatable bonds is 3. The van der Waals surface area contributed by atoms with E-state index >= 15 is 0 Å². The average molecular weight is 276 g/mol. The highest BCUT2D eigenvalue weighted by atomic mass is 16.5. The van der Waals surface area contributed by atoms with Crippen LogP contribution in [0.5, 0.6) is 5.75 Å². The molecule has 0 saturated carbocycles. The number of hydrogen-bond acceptors (Lipinski definition) is 3. The van der Waals surface area contributed by atoms with E-state index in [1.165, 1.54) is 4.68 Å². The minimum absolute atomic E-state index is 0.231. The molecule has 0 spiro atoms. The van der Waals surface area contributed by atoms with Crippen LogP contribution in [0.15, 0.2) is 29.1 Å². The van der Waals surface area contributed by atoms with Gasteiger partial charge in [-0.25, -0.2) is 4.68 Å². The standard InChI is InChI=1S/C15H20N2O3/c1-15(2,3)13-12(9-18)14(19)17(16-13)10-6-5-7-11(8-10)20-4/h5-8,16,18H,9H2,1-4H3. The molecule has 5 nitrogen and oxygen atoms in total. The molecule has 0 fully saturated rings. The number of ether oxygens (including phenoxy) is 1. The van der Waals surface area contributed by atoms with Gasteiger partial charge in [0.1, 0.15) is 5.75 Å². The lowest BCUT2D eigenvalue weighted by Crippen LogP contribution is -2.18. The first-order valence-corrected chi connectivity index (χ1v) is 6.48. The molecule has 20 heavy (non-hydrogen) atoms. The Morgan fingerprint density at radius 2 is 2.05 bits per heavy atom. The monoisotopic (exact) mass is 276 g/mol. The molecule has 1 aromatic heterocycles. The summed E-state index contributed by atoms with van der Waals surface area (Å²) in [4.78, 5) is 12.4. The maximum atomic E-state index is 12.4. The molecule has 2 rings (SSSR count). The number of methoxy groups -OCH3 is 1. The number of nitrogens with one attached hydrogen (secondary N) is 1. The van der Waals surface area contributed by atoms with Crippen molar-refractivity contribution in [1.29, 1.82) is 0 Å². The Kier molecular flexibility index (Phi) is 3.72. The summed E-state index contributed by atoms with van der Waals surface area (Å²) in [7, 11) is 1.58. The molecule has 2 aromatic rings. The molecule has 0 unspecified atom stereocenters. The smallest absolute Gasteiger partial charge is 0.277 e. The van der Waals surface area contributed by atoms with E-state index in [0.29, 0.717) is 17.0 Å². The molecule has 2 N–H and O–H groups in total. The zero-order valence-electron chi connectivity index (χ0n) is 12.2. The maximum Gasteiger partial charge on any atom is 0.277 e. The van der Waals surface area contributed by atoms with Gasteiger partial charge in [-0.15, -0.1) is 0 Å². The first kappa shape index (κ1) is 14.4. The van der Waals surface area contributed by atoms with Gasteiger partial charge < -0.3 is 9.84 Å². The second-order valence-electron chi connectivity index (χ2n) is 5.72. The van der Waals surface area contributed by atoms with Crippen LogP contribution in [0.25, 0.3) is 5.69 Å². The lowest BCUT2D eigenvalue weighted by atomic mass is 9.90. The molecule has 0 aliphatic carbocycles. The third-order valence-corrected chi connectivity index (χ3v) is 3.21. The topological polar surface area (TPSA) is 67.2 Å². The second kappa shape index (κ2) is 5.17. The van der Waals surface area contributed by atoms with E-state index in [1.807, 2.05) is 39.0 Å². The van der Waals surface area contributed by atoms with Gasteiger partial charge in [-0.1, -0.05) is 26.8 Å².